The van der Waals surface area contributed by atoms with E-state index >= 15 is 0 Å². The Bertz CT molecular complexity index is 311. The largest absolute Gasteiger partial charge is 0.492 e. The Morgan fingerprint density at radius 1 is 1.54 bits per heavy atom. The van der Waals surface area contributed by atoms with Gasteiger partial charge in [0.2, 0.25) is 0 Å². The zero-order chi connectivity index (χ0) is 9.26. The van der Waals surface area contributed by atoms with E-state index in [1.807, 2.05) is 0 Å². The molecule has 0 amide bonds. The van der Waals surface area contributed by atoms with Gasteiger partial charge in [-0.2, -0.15) is 0 Å². The Hall–Kier alpha value is -1.10. The van der Waals surface area contributed by atoms with E-state index in [4.69, 9.17) is 4.74 Å². The third-order valence-corrected chi connectivity index (χ3v) is 3.12. The molecule has 0 N–H and O–H groups in total. The summed E-state index contributed by atoms with van der Waals surface area (Å²) in [5, 5.41) is 10.7. The lowest BCUT2D eigenvalue weighted by atomic mass is 10.2. The monoisotopic (exact) mass is 199 g/mol. The van der Waals surface area contributed by atoms with Crippen molar-refractivity contribution < 1.29 is 9.66 Å². The number of hydrogen-bond donors (Lipinski definition) is 0. The second kappa shape index (κ2) is 3.33. The third kappa shape index (κ3) is 1.65. The summed E-state index contributed by atoms with van der Waals surface area (Å²) in [4.78, 5) is 11.1. The van der Waals surface area contributed by atoms with Gasteiger partial charge in [0.25, 0.3) is 0 Å². The van der Waals surface area contributed by atoms with Crippen LogP contribution < -0.4 is 4.74 Å². The molecule has 1 aliphatic rings. The van der Waals surface area contributed by atoms with Crippen molar-refractivity contribution >= 4 is 16.3 Å². The molecule has 1 aromatic rings. The Labute approximate surface area is 79.3 Å². The zero-order valence-electron chi connectivity index (χ0n) is 6.99. The fraction of sp³-hybridized carbons (Fsp3) is 0.500. The Morgan fingerprint density at radius 3 is 3.15 bits per heavy atom. The molecule has 70 valence electrons. The lowest BCUT2D eigenvalue weighted by Crippen LogP contribution is -1.92. The Balaban J connectivity index is 2.32. The minimum Gasteiger partial charge on any atom is -0.492 e. The van der Waals surface area contributed by atoms with E-state index in [0.29, 0.717) is 12.4 Å². The van der Waals surface area contributed by atoms with E-state index in [2.05, 4.69) is 0 Å². The second-order valence-corrected chi connectivity index (χ2v) is 4.05. The molecule has 0 unspecified atom stereocenters. The third-order valence-electron chi connectivity index (χ3n) is 1.99. The molecular weight excluding hydrogens is 190 g/mol. The van der Waals surface area contributed by atoms with Crippen LogP contribution in [0.3, 0.4) is 0 Å². The van der Waals surface area contributed by atoms with E-state index in [9.17, 15) is 10.1 Å². The maximum Gasteiger partial charge on any atom is 0.328 e. The van der Waals surface area contributed by atoms with Gasteiger partial charge in [-0.05, 0) is 19.3 Å². The second-order valence-electron chi connectivity index (χ2n) is 2.93. The molecule has 0 fully saturated rings. The van der Waals surface area contributed by atoms with Gasteiger partial charge in [0.1, 0.15) is 5.75 Å². The SMILES string of the molecule is O=[N+]([O-])c1cc2c(s1)CCCCO2. The van der Waals surface area contributed by atoms with Crippen molar-refractivity contribution in [1.29, 1.82) is 0 Å². The molecule has 0 saturated heterocycles. The van der Waals surface area contributed by atoms with Crippen molar-refractivity contribution in [3.63, 3.8) is 0 Å². The molecule has 0 aromatic carbocycles. The molecule has 0 spiro atoms. The quantitative estimate of drug-likeness (QED) is 0.515. The van der Waals surface area contributed by atoms with Gasteiger partial charge in [0.05, 0.1) is 22.5 Å². The van der Waals surface area contributed by atoms with Crippen LogP contribution >= 0.6 is 11.3 Å². The maximum absolute atomic E-state index is 10.5. The van der Waals surface area contributed by atoms with Crippen molar-refractivity contribution in [2.24, 2.45) is 0 Å². The number of fused-ring (bicyclic) bond motifs is 1. The number of aryl methyl sites for hydroxylation is 1. The molecule has 13 heavy (non-hydrogen) atoms. The zero-order valence-corrected chi connectivity index (χ0v) is 7.80. The fourth-order valence-electron chi connectivity index (χ4n) is 1.35. The number of nitro groups is 1. The first-order chi connectivity index (χ1) is 6.27. The summed E-state index contributed by atoms with van der Waals surface area (Å²) in [6.07, 6.45) is 3.01. The van der Waals surface area contributed by atoms with Crippen LogP contribution in [0.15, 0.2) is 6.07 Å². The molecule has 0 saturated carbocycles. The standard InChI is InChI=1S/C8H9NO3S/c10-9(11)8-5-6-7(13-8)3-1-2-4-12-6/h5H,1-4H2. The minimum atomic E-state index is -0.358. The van der Waals surface area contributed by atoms with E-state index < -0.39 is 0 Å². The molecule has 1 aliphatic heterocycles. The summed E-state index contributed by atoms with van der Waals surface area (Å²) in [6, 6.07) is 1.53. The smallest absolute Gasteiger partial charge is 0.328 e. The summed E-state index contributed by atoms with van der Waals surface area (Å²) in [6.45, 7) is 0.681. The lowest BCUT2D eigenvalue weighted by Gasteiger charge is -1.97. The molecule has 0 aliphatic carbocycles. The highest BCUT2D eigenvalue weighted by molar-refractivity contribution is 7.15. The molecule has 5 heteroatoms. The van der Waals surface area contributed by atoms with Crippen molar-refractivity contribution in [3.8, 4) is 5.75 Å². The minimum absolute atomic E-state index is 0.187. The van der Waals surface area contributed by atoms with Crippen LogP contribution in [0, 0.1) is 10.1 Å². The highest BCUT2D eigenvalue weighted by Gasteiger charge is 2.19. The van der Waals surface area contributed by atoms with Gasteiger partial charge in [0.15, 0.2) is 0 Å². The number of ether oxygens (including phenoxy) is 1. The normalized spacial score (nSPS) is 15.7. The average molecular weight is 199 g/mol. The fourth-order valence-corrected chi connectivity index (χ4v) is 2.31. The van der Waals surface area contributed by atoms with Gasteiger partial charge in [0, 0.05) is 0 Å². The van der Waals surface area contributed by atoms with Crippen molar-refractivity contribution in [2.75, 3.05) is 6.61 Å². The number of hydrogen-bond acceptors (Lipinski definition) is 4. The maximum atomic E-state index is 10.5. The van der Waals surface area contributed by atoms with Crippen LogP contribution in [-0.2, 0) is 6.42 Å². The summed E-state index contributed by atoms with van der Waals surface area (Å²) in [5.74, 6) is 0.717. The van der Waals surface area contributed by atoms with E-state index in [-0.39, 0.29) is 9.92 Å². The molecule has 2 heterocycles. The summed E-state index contributed by atoms with van der Waals surface area (Å²) >= 11 is 1.23. The highest BCUT2D eigenvalue weighted by atomic mass is 32.1. The number of rotatable bonds is 1. The van der Waals surface area contributed by atoms with Crippen molar-refractivity contribution in [1.82, 2.24) is 0 Å². The van der Waals surface area contributed by atoms with E-state index in [1.54, 1.807) is 0 Å². The van der Waals surface area contributed by atoms with Gasteiger partial charge < -0.3 is 4.74 Å². The first-order valence-corrected chi connectivity index (χ1v) is 4.99. The lowest BCUT2D eigenvalue weighted by molar-refractivity contribution is -0.380. The van der Waals surface area contributed by atoms with Gasteiger partial charge in [-0.1, -0.05) is 11.3 Å². The Kier molecular flexibility index (Phi) is 2.18. The predicted octanol–water partition coefficient (Wildman–Crippen LogP) is 2.37. The van der Waals surface area contributed by atoms with Gasteiger partial charge in [-0.15, -0.1) is 0 Å². The number of nitrogens with zero attached hydrogens (tertiary/aromatic N) is 1. The Morgan fingerprint density at radius 2 is 2.38 bits per heavy atom. The molecule has 0 atom stereocenters. The first kappa shape index (κ1) is 8.50. The van der Waals surface area contributed by atoms with Crippen LogP contribution in [0.1, 0.15) is 17.7 Å². The van der Waals surface area contributed by atoms with Gasteiger partial charge in [-0.25, -0.2) is 0 Å². The van der Waals surface area contributed by atoms with Crippen LogP contribution in [0.25, 0.3) is 0 Å². The number of thiophene rings is 1. The molecule has 0 radical (unpaired) electrons. The van der Waals surface area contributed by atoms with E-state index in [1.165, 1.54) is 17.4 Å². The van der Waals surface area contributed by atoms with Crippen LogP contribution in [0.4, 0.5) is 5.00 Å². The molecule has 2 rings (SSSR count). The molecular formula is C8H9NO3S. The van der Waals surface area contributed by atoms with Crippen LogP contribution in [0.5, 0.6) is 5.75 Å². The molecule has 1 aromatic heterocycles. The van der Waals surface area contributed by atoms with Crippen LogP contribution in [-0.4, -0.2) is 11.5 Å². The highest BCUT2D eigenvalue weighted by Crippen LogP contribution is 2.37. The molecule has 4 nitrogen and oxygen atoms in total. The van der Waals surface area contributed by atoms with Gasteiger partial charge in [-0.3, -0.25) is 10.1 Å². The van der Waals surface area contributed by atoms with Gasteiger partial charge >= 0.3 is 5.00 Å². The molecule has 0 bridgehead atoms. The predicted molar refractivity (Wildman–Crippen MR) is 49.4 cm³/mol. The van der Waals surface area contributed by atoms with E-state index in [0.717, 1.165) is 24.1 Å². The van der Waals surface area contributed by atoms with Crippen molar-refractivity contribution in [2.45, 2.75) is 19.3 Å². The summed E-state index contributed by atoms with van der Waals surface area (Å²) in [7, 11) is 0. The first-order valence-electron chi connectivity index (χ1n) is 4.17. The summed E-state index contributed by atoms with van der Waals surface area (Å²) < 4.78 is 5.39. The topological polar surface area (TPSA) is 52.4 Å². The summed E-state index contributed by atoms with van der Waals surface area (Å²) in [5.41, 5.74) is 0. The van der Waals surface area contributed by atoms with Crippen LogP contribution in [0.2, 0.25) is 0 Å². The average Bonchev–Trinajstić information content (AvgIpc) is 2.38. The van der Waals surface area contributed by atoms with Crippen molar-refractivity contribution in [3.05, 3.63) is 21.1 Å².